The van der Waals surface area contributed by atoms with Crippen LogP contribution < -0.4 is 10.6 Å². The van der Waals surface area contributed by atoms with E-state index in [4.69, 9.17) is 0 Å². The molecule has 6 heteroatoms. The lowest BCUT2D eigenvalue weighted by Crippen LogP contribution is -2.11. The summed E-state index contributed by atoms with van der Waals surface area (Å²) in [6.07, 6.45) is 5.23. The van der Waals surface area contributed by atoms with Gasteiger partial charge in [-0.3, -0.25) is 4.21 Å². The van der Waals surface area contributed by atoms with Crippen LogP contribution in [0.2, 0.25) is 0 Å². The summed E-state index contributed by atoms with van der Waals surface area (Å²) in [6.45, 7) is 5.81. The number of aromatic nitrogens is 2. The highest BCUT2D eigenvalue weighted by Gasteiger charge is 2.05. The highest BCUT2D eigenvalue weighted by molar-refractivity contribution is 7.84. The van der Waals surface area contributed by atoms with Gasteiger partial charge < -0.3 is 10.6 Å². The first-order valence-electron chi connectivity index (χ1n) is 6.24. The minimum absolute atomic E-state index is 0.720. The molecule has 1 unspecified atom stereocenters. The SMILES string of the molecule is CCCNc1ncnc(NCCCS(C)=O)c1C. The standard InChI is InChI=1S/C12H22N4OS/c1-4-6-13-11-10(2)12(16-9-15-11)14-7-5-8-18(3)17/h9H,4-8H2,1-3H3,(H2,13,14,15,16). The molecule has 0 saturated heterocycles. The van der Waals surface area contributed by atoms with Crippen molar-refractivity contribution in [3.8, 4) is 0 Å². The van der Waals surface area contributed by atoms with Crippen molar-refractivity contribution < 1.29 is 4.21 Å². The highest BCUT2D eigenvalue weighted by Crippen LogP contribution is 2.17. The van der Waals surface area contributed by atoms with Gasteiger partial charge in [0.2, 0.25) is 0 Å². The first-order chi connectivity index (χ1) is 8.65. The quantitative estimate of drug-likeness (QED) is 0.705. The van der Waals surface area contributed by atoms with Crippen LogP contribution in [0.1, 0.15) is 25.3 Å². The molecular formula is C12H22N4OS. The van der Waals surface area contributed by atoms with Crippen LogP contribution in [0, 0.1) is 6.92 Å². The van der Waals surface area contributed by atoms with E-state index < -0.39 is 10.8 Å². The predicted molar refractivity (Wildman–Crippen MR) is 77.6 cm³/mol. The van der Waals surface area contributed by atoms with Crippen molar-refractivity contribution in [2.75, 3.05) is 35.7 Å². The van der Waals surface area contributed by atoms with E-state index >= 15 is 0 Å². The third-order valence-electron chi connectivity index (χ3n) is 2.53. The molecule has 5 nitrogen and oxygen atoms in total. The highest BCUT2D eigenvalue weighted by atomic mass is 32.2. The molecule has 0 aliphatic heterocycles. The molecule has 1 atom stereocenters. The van der Waals surface area contributed by atoms with Crippen LogP contribution in [0.4, 0.5) is 11.6 Å². The molecule has 102 valence electrons. The van der Waals surface area contributed by atoms with Gasteiger partial charge in [0.05, 0.1) is 0 Å². The van der Waals surface area contributed by atoms with Crippen LogP contribution in [-0.2, 0) is 10.8 Å². The summed E-state index contributed by atoms with van der Waals surface area (Å²) in [6, 6.07) is 0. The van der Waals surface area contributed by atoms with E-state index in [0.717, 1.165) is 48.9 Å². The second kappa shape index (κ2) is 8.02. The molecule has 0 aliphatic rings. The van der Waals surface area contributed by atoms with Crippen LogP contribution in [0.15, 0.2) is 6.33 Å². The summed E-state index contributed by atoms with van der Waals surface area (Å²) >= 11 is 0. The number of nitrogens with one attached hydrogen (secondary N) is 2. The second-order valence-electron chi connectivity index (χ2n) is 4.18. The summed E-state index contributed by atoms with van der Waals surface area (Å²) < 4.78 is 10.9. The van der Waals surface area contributed by atoms with E-state index in [2.05, 4.69) is 27.5 Å². The third kappa shape index (κ3) is 5.00. The molecule has 0 fully saturated rings. The molecule has 18 heavy (non-hydrogen) atoms. The van der Waals surface area contributed by atoms with Gasteiger partial charge in [0.25, 0.3) is 0 Å². The van der Waals surface area contributed by atoms with Gasteiger partial charge in [-0.1, -0.05) is 6.92 Å². The average Bonchev–Trinajstić information content (AvgIpc) is 2.34. The zero-order valence-electron chi connectivity index (χ0n) is 11.3. The molecular weight excluding hydrogens is 248 g/mol. The Morgan fingerprint density at radius 2 is 1.83 bits per heavy atom. The zero-order valence-corrected chi connectivity index (χ0v) is 12.1. The molecule has 0 aromatic carbocycles. The van der Waals surface area contributed by atoms with E-state index in [0.29, 0.717) is 0 Å². The molecule has 2 N–H and O–H groups in total. The number of anilines is 2. The van der Waals surface area contributed by atoms with Gasteiger partial charge in [0.15, 0.2) is 0 Å². The topological polar surface area (TPSA) is 66.9 Å². The van der Waals surface area contributed by atoms with Crippen molar-refractivity contribution in [2.24, 2.45) is 0 Å². The van der Waals surface area contributed by atoms with Crippen molar-refractivity contribution >= 4 is 22.4 Å². The van der Waals surface area contributed by atoms with Crippen molar-refractivity contribution in [3.63, 3.8) is 0 Å². The lowest BCUT2D eigenvalue weighted by Gasteiger charge is -2.12. The smallest absolute Gasteiger partial charge is 0.134 e. The molecule has 0 spiro atoms. The Morgan fingerprint density at radius 3 is 2.39 bits per heavy atom. The maximum absolute atomic E-state index is 10.9. The zero-order chi connectivity index (χ0) is 13.4. The lowest BCUT2D eigenvalue weighted by atomic mass is 10.3. The van der Waals surface area contributed by atoms with Crippen LogP contribution in [-0.4, -0.2) is 39.3 Å². The molecule has 0 bridgehead atoms. The fourth-order valence-electron chi connectivity index (χ4n) is 1.53. The van der Waals surface area contributed by atoms with Gasteiger partial charge in [-0.2, -0.15) is 0 Å². The fraction of sp³-hybridized carbons (Fsp3) is 0.667. The Bertz CT molecular complexity index is 398. The normalized spacial score (nSPS) is 12.2. The molecule has 0 amide bonds. The monoisotopic (exact) mass is 270 g/mol. The van der Waals surface area contributed by atoms with Crippen LogP contribution in [0.3, 0.4) is 0 Å². The van der Waals surface area contributed by atoms with Gasteiger partial charge >= 0.3 is 0 Å². The second-order valence-corrected chi connectivity index (χ2v) is 5.73. The number of hydrogen-bond acceptors (Lipinski definition) is 5. The molecule has 0 aliphatic carbocycles. The lowest BCUT2D eigenvalue weighted by molar-refractivity contribution is 0.685. The van der Waals surface area contributed by atoms with E-state index in [1.165, 1.54) is 0 Å². The van der Waals surface area contributed by atoms with E-state index in [-0.39, 0.29) is 0 Å². The third-order valence-corrected chi connectivity index (χ3v) is 3.39. The van der Waals surface area contributed by atoms with Gasteiger partial charge in [0.1, 0.15) is 18.0 Å². The Balaban J connectivity index is 2.52. The van der Waals surface area contributed by atoms with Crippen LogP contribution in [0.25, 0.3) is 0 Å². The van der Waals surface area contributed by atoms with E-state index in [9.17, 15) is 4.21 Å². The molecule has 1 rings (SSSR count). The Morgan fingerprint density at radius 1 is 1.22 bits per heavy atom. The molecule has 1 heterocycles. The van der Waals surface area contributed by atoms with Crippen molar-refractivity contribution in [2.45, 2.75) is 26.7 Å². The Kier molecular flexibility index (Phi) is 6.64. The maximum Gasteiger partial charge on any atom is 0.134 e. The van der Waals surface area contributed by atoms with Crippen LogP contribution >= 0.6 is 0 Å². The van der Waals surface area contributed by atoms with Crippen molar-refractivity contribution in [3.05, 3.63) is 11.9 Å². The first-order valence-corrected chi connectivity index (χ1v) is 7.97. The van der Waals surface area contributed by atoms with E-state index in [1.807, 2.05) is 6.92 Å². The van der Waals surface area contributed by atoms with Crippen molar-refractivity contribution in [1.29, 1.82) is 0 Å². The molecule has 0 saturated carbocycles. The predicted octanol–water partition coefficient (Wildman–Crippen LogP) is 1.79. The number of nitrogens with zero attached hydrogens (tertiary/aromatic N) is 2. The largest absolute Gasteiger partial charge is 0.370 e. The minimum atomic E-state index is -0.723. The minimum Gasteiger partial charge on any atom is -0.370 e. The van der Waals surface area contributed by atoms with Gasteiger partial charge in [-0.25, -0.2) is 9.97 Å². The molecule has 1 aromatic rings. The van der Waals surface area contributed by atoms with Crippen molar-refractivity contribution in [1.82, 2.24) is 9.97 Å². The number of hydrogen-bond donors (Lipinski definition) is 2. The Hall–Kier alpha value is -1.17. The Labute approximate surface area is 111 Å². The first kappa shape index (κ1) is 14.9. The molecule has 0 radical (unpaired) electrons. The van der Waals surface area contributed by atoms with Gasteiger partial charge in [-0.05, 0) is 19.8 Å². The van der Waals surface area contributed by atoms with Crippen LogP contribution in [0.5, 0.6) is 0 Å². The van der Waals surface area contributed by atoms with Gasteiger partial charge in [0, 0.05) is 41.5 Å². The maximum atomic E-state index is 10.9. The fourth-order valence-corrected chi connectivity index (χ4v) is 2.08. The van der Waals surface area contributed by atoms with E-state index in [1.54, 1.807) is 12.6 Å². The summed E-state index contributed by atoms with van der Waals surface area (Å²) in [7, 11) is -0.723. The average molecular weight is 270 g/mol. The summed E-state index contributed by atoms with van der Waals surface area (Å²) in [4.78, 5) is 8.45. The number of rotatable bonds is 8. The van der Waals surface area contributed by atoms with Gasteiger partial charge in [-0.15, -0.1) is 0 Å². The summed E-state index contributed by atoms with van der Waals surface area (Å²) in [5.41, 5.74) is 1.03. The molecule has 1 aromatic heterocycles. The summed E-state index contributed by atoms with van der Waals surface area (Å²) in [5, 5.41) is 6.53. The summed E-state index contributed by atoms with van der Waals surface area (Å²) in [5.74, 6) is 2.46.